The van der Waals surface area contributed by atoms with E-state index in [0.717, 1.165) is 32.1 Å². The van der Waals surface area contributed by atoms with Gasteiger partial charge in [0.25, 0.3) is 0 Å². The molecular weight excluding hydrogens is 407 g/mol. The van der Waals surface area contributed by atoms with Gasteiger partial charge in [-0.1, -0.05) is 116 Å². The van der Waals surface area contributed by atoms with Gasteiger partial charge in [0.05, 0.1) is 16.2 Å². The Bertz CT molecular complexity index is 440. The number of rotatable bonds is 22. The normalized spacial score (nSPS) is 13.7. The van der Waals surface area contributed by atoms with Crippen molar-refractivity contribution >= 4 is 10.1 Å². The number of aliphatic hydroxyl groups is 1. The van der Waals surface area contributed by atoms with Crippen molar-refractivity contribution in [2.45, 2.75) is 154 Å². The van der Waals surface area contributed by atoms with E-state index in [-0.39, 0.29) is 35.7 Å². The van der Waals surface area contributed by atoms with Crippen LogP contribution in [0.5, 0.6) is 0 Å². The first-order chi connectivity index (χ1) is 13.9. The first-order valence-electron chi connectivity index (χ1n) is 12.5. The first-order valence-corrected chi connectivity index (χ1v) is 14.0. The molecular formula is C24H49NaO4S. The average molecular weight is 457 g/mol. The van der Waals surface area contributed by atoms with E-state index < -0.39 is 15.4 Å². The van der Waals surface area contributed by atoms with E-state index in [0.29, 0.717) is 12.8 Å². The molecule has 2 unspecified atom stereocenters. The van der Waals surface area contributed by atoms with Crippen molar-refractivity contribution < 1.29 is 47.6 Å². The van der Waals surface area contributed by atoms with Crippen LogP contribution in [0.1, 0.15) is 142 Å². The number of unbranched alkanes of at least 4 members (excludes halogenated alkanes) is 15. The maximum atomic E-state index is 11.2. The van der Waals surface area contributed by atoms with Gasteiger partial charge in [-0.3, -0.25) is 0 Å². The SMILES string of the molecule is CCCC(CCCCCCCCCCCCCCCCCCC(C)O)S(=O)(=O)[O-].[Na+]. The smallest absolute Gasteiger partial charge is 0.748 e. The maximum Gasteiger partial charge on any atom is 1.00 e. The monoisotopic (exact) mass is 456 g/mol. The Morgan fingerprint density at radius 2 is 0.933 bits per heavy atom. The van der Waals surface area contributed by atoms with E-state index in [2.05, 4.69) is 0 Å². The van der Waals surface area contributed by atoms with Crippen molar-refractivity contribution in [3.63, 3.8) is 0 Å². The molecule has 0 saturated carbocycles. The molecule has 0 heterocycles. The summed E-state index contributed by atoms with van der Waals surface area (Å²) < 4.78 is 33.5. The molecule has 2 atom stereocenters. The van der Waals surface area contributed by atoms with Crippen molar-refractivity contribution in [1.82, 2.24) is 0 Å². The van der Waals surface area contributed by atoms with Gasteiger partial charge in [-0.2, -0.15) is 0 Å². The molecule has 30 heavy (non-hydrogen) atoms. The molecule has 176 valence electrons. The molecule has 0 aliphatic heterocycles. The topological polar surface area (TPSA) is 77.4 Å². The molecule has 0 aliphatic carbocycles. The number of hydrogen-bond donors (Lipinski definition) is 1. The fourth-order valence-electron chi connectivity index (χ4n) is 4.04. The molecule has 0 aromatic rings. The van der Waals surface area contributed by atoms with Crippen LogP contribution < -0.4 is 29.6 Å². The van der Waals surface area contributed by atoms with Crippen molar-refractivity contribution in [3.05, 3.63) is 0 Å². The predicted molar refractivity (Wildman–Crippen MR) is 123 cm³/mol. The first kappa shape index (κ1) is 33.0. The van der Waals surface area contributed by atoms with Crippen LogP contribution in [0, 0.1) is 0 Å². The Morgan fingerprint density at radius 1 is 0.633 bits per heavy atom. The molecule has 0 fully saturated rings. The fraction of sp³-hybridized carbons (Fsp3) is 1.00. The quantitative estimate of drug-likeness (QED) is 0.151. The minimum absolute atomic E-state index is 0. The zero-order valence-corrected chi connectivity index (χ0v) is 23.2. The summed E-state index contributed by atoms with van der Waals surface area (Å²) in [7, 11) is -4.11. The molecule has 0 saturated heterocycles. The largest absolute Gasteiger partial charge is 1.00 e. The Balaban J connectivity index is 0. The summed E-state index contributed by atoms with van der Waals surface area (Å²) in [6.45, 7) is 3.80. The van der Waals surface area contributed by atoms with Crippen molar-refractivity contribution in [3.8, 4) is 0 Å². The Labute approximate surface area is 210 Å². The summed E-state index contributed by atoms with van der Waals surface area (Å²) in [5.74, 6) is 0. The van der Waals surface area contributed by atoms with Gasteiger partial charge in [-0.15, -0.1) is 0 Å². The van der Waals surface area contributed by atoms with Gasteiger partial charge in [0.15, 0.2) is 0 Å². The predicted octanol–water partition coefficient (Wildman–Crippen LogP) is 4.11. The molecule has 0 radical (unpaired) electrons. The zero-order valence-electron chi connectivity index (χ0n) is 20.4. The molecule has 0 amide bonds. The molecule has 0 aromatic heterocycles. The summed E-state index contributed by atoms with van der Waals surface area (Å²) in [5, 5.41) is 8.54. The van der Waals surface area contributed by atoms with Crippen LogP contribution in [0.3, 0.4) is 0 Å². The average Bonchev–Trinajstić information content (AvgIpc) is 2.65. The molecule has 4 nitrogen and oxygen atoms in total. The van der Waals surface area contributed by atoms with Gasteiger partial charge in [0, 0.05) is 5.25 Å². The van der Waals surface area contributed by atoms with Crippen molar-refractivity contribution in [2.24, 2.45) is 0 Å². The van der Waals surface area contributed by atoms with Gasteiger partial charge in [-0.25, -0.2) is 8.42 Å². The minimum Gasteiger partial charge on any atom is -0.748 e. The molecule has 0 aliphatic rings. The minimum atomic E-state index is -4.11. The third-order valence-electron chi connectivity index (χ3n) is 5.92. The number of aliphatic hydroxyl groups excluding tert-OH is 1. The van der Waals surface area contributed by atoms with Crippen LogP contribution in [-0.2, 0) is 10.1 Å². The Kier molecular flexibility index (Phi) is 25.4. The molecule has 1 N–H and O–H groups in total. The third kappa shape index (κ3) is 23.5. The van der Waals surface area contributed by atoms with Gasteiger partial charge in [0.2, 0.25) is 0 Å². The molecule has 0 aromatic carbocycles. The van der Waals surface area contributed by atoms with Gasteiger partial charge < -0.3 is 9.66 Å². The summed E-state index contributed by atoms with van der Waals surface area (Å²) >= 11 is 0. The van der Waals surface area contributed by atoms with Crippen LogP contribution in [-0.4, -0.2) is 29.4 Å². The second-order valence-electron chi connectivity index (χ2n) is 8.99. The van der Waals surface area contributed by atoms with E-state index in [1.165, 1.54) is 83.5 Å². The summed E-state index contributed by atoms with van der Waals surface area (Å²) in [6, 6.07) is 0. The van der Waals surface area contributed by atoms with Crippen molar-refractivity contribution in [1.29, 1.82) is 0 Å². The van der Waals surface area contributed by atoms with Crippen LogP contribution in [0.2, 0.25) is 0 Å². The molecule has 0 bridgehead atoms. The van der Waals surface area contributed by atoms with Gasteiger partial charge in [-0.05, 0) is 26.2 Å². The third-order valence-corrected chi connectivity index (χ3v) is 7.20. The molecule has 0 spiro atoms. The second kappa shape index (κ2) is 23.0. The summed E-state index contributed by atoms with van der Waals surface area (Å²) in [6.07, 6.45) is 22.8. The van der Waals surface area contributed by atoms with Crippen LogP contribution in [0.4, 0.5) is 0 Å². The molecule has 6 heteroatoms. The second-order valence-corrected chi connectivity index (χ2v) is 10.6. The zero-order chi connectivity index (χ0) is 21.8. The summed E-state index contributed by atoms with van der Waals surface area (Å²) in [5.41, 5.74) is 0. The van der Waals surface area contributed by atoms with E-state index in [4.69, 9.17) is 0 Å². The van der Waals surface area contributed by atoms with E-state index >= 15 is 0 Å². The van der Waals surface area contributed by atoms with Crippen LogP contribution in [0.25, 0.3) is 0 Å². The maximum absolute atomic E-state index is 11.2. The standard InChI is InChI=1S/C24H50O4S.Na/c1-3-20-24(29(26,27)28)22-19-17-15-13-11-9-7-5-4-6-8-10-12-14-16-18-21-23(2)25;/h23-25H,3-22H2,1-2H3,(H,26,27,28);/q;+1/p-1. The van der Waals surface area contributed by atoms with E-state index in [1.54, 1.807) is 0 Å². The van der Waals surface area contributed by atoms with Gasteiger partial charge in [0.1, 0.15) is 0 Å². The van der Waals surface area contributed by atoms with Crippen LogP contribution >= 0.6 is 0 Å². The Hall–Kier alpha value is 0.870. The van der Waals surface area contributed by atoms with Gasteiger partial charge >= 0.3 is 29.6 Å². The summed E-state index contributed by atoms with van der Waals surface area (Å²) in [4.78, 5) is 0. The van der Waals surface area contributed by atoms with Crippen molar-refractivity contribution in [2.75, 3.05) is 0 Å². The number of hydrogen-bond acceptors (Lipinski definition) is 4. The molecule has 0 rings (SSSR count). The van der Waals surface area contributed by atoms with E-state index in [9.17, 15) is 18.1 Å². The van der Waals surface area contributed by atoms with Crippen LogP contribution in [0.15, 0.2) is 0 Å². The fourth-order valence-corrected chi connectivity index (χ4v) is 5.02. The Morgan fingerprint density at radius 3 is 1.20 bits per heavy atom. The van der Waals surface area contributed by atoms with E-state index in [1.807, 2.05) is 13.8 Å².